The van der Waals surface area contributed by atoms with Gasteiger partial charge >= 0.3 is 0 Å². The molecular weight excluding hydrogens is 374 g/mol. The van der Waals surface area contributed by atoms with Gasteiger partial charge in [0, 0.05) is 37.4 Å². The Kier molecular flexibility index (Phi) is 6.59. The van der Waals surface area contributed by atoms with E-state index in [0.29, 0.717) is 19.5 Å². The first-order valence-electron chi connectivity index (χ1n) is 10.8. The maximum Gasteiger partial charge on any atom is 0.228 e. The summed E-state index contributed by atoms with van der Waals surface area (Å²) in [5.74, 6) is 0.163. The van der Waals surface area contributed by atoms with Gasteiger partial charge in [0.1, 0.15) is 0 Å². The molecule has 0 spiro atoms. The molecule has 30 heavy (non-hydrogen) atoms. The Balaban J connectivity index is 1.85. The van der Waals surface area contributed by atoms with Crippen LogP contribution in [-0.2, 0) is 16.0 Å². The number of aromatic nitrogens is 1. The topological polar surface area (TPSA) is 62.3 Å². The Hall–Kier alpha value is -2.69. The fraction of sp³-hybridized carbons (Fsp3) is 0.480. The van der Waals surface area contributed by atoms with Crippen LogP contribution in [0.15, 0.2) is 48.8 Å². The second-order valence-corrected chi connectivity index (χ2v) is 9.34. The SMILES string of the molecule is CCNC(=O)[C@@]1(Cc2ccc(-c3cccnc3)cc2)CCCN(C(=O)C(C)(C)C)C1. The summed E-state index contributed by atoms with van der Waals surface area (Å²) in [5, 5.41) is 3.03. The van der Waals surface area contributed by atoms with Gasteiger partial charge in [-0.2, -0.15) is 0 Å². The molecule has 1 aliphatic heterocycles. The molecule has 2 aromatic rings. The van der Waals surface area contributed by atoms with Crippen molar-refractivity contribution in [2.24, 2.45) is 10.8 Å². The molecule has 0 aliphatic carbocycles. The first kappa shape index (κ1) is 22.0. The summed E-state index contributed by atoms with van der Waals surface area (Å²) in [5.41, 5.74) is 2.24. The van der Waals surface area contributed by atoms with E-state index >= 15 is 0 Å². The minimum absolute atomic E-state index is 0.0488. The second kappa shape index (κ2) is 8.99. The van der Waals surface area contributed by atoms with Crippen LogP contribution >= 0.6 is 0 Å². The number of likely N-dealkylation sites (tertiary alicyclic amines) is 1. The van der Waals surface area contributed by atoms with Gasteiger partial charge in [0.2, 0.25) is 11.8 Å². The van der Waals surface area contributed by atoms with Gasteiger partial charge in [-0.3, -0.25) is 14.6 Å². The molecule has 5 heteroatoms. The maximum atomic E-state index is 13.2. The molecule has 160 valence electrons. The number of nitrogens with zero attached hydrogens (tertiary/aromatic N) is 2. The molecular formula is C25H33N3O2. The molecule has 1 aliphatic rings. The quantitative estimate of drug-likeness (QED) is 0.812. The van der Waals surface area contributed by atoms with Crippen molar-refractivity contribution in [1.82, 2.24) is 15.2 Å². The predicted octanol–water partition coefficient (Wildman–Crippen LogP) is 4.08. The highest BCUT2D eigenvalue weighted by atomic mass is 16.2. The second-order valence-electron chi connectivity index (χ2n) is 9.34. The molecule has 2 amide bonds. The van der Waals surface area contributed by atoms with E-state index < -0.39 is 10.8 Å². The summed E-state index contributed by atoms with van der Waals surface area (Å²) in [4.78, 5) is 32.2. The minimum Gasteiger partial charge on any atom is -0.356 e. The van der Waals surface area contributed by atoms with Crippen molar-refractivity contribution < 1.29 is 9.59 Å². The first-order valence-corrected chi connectivity index (χ1v) is 10.8. The zero-order valence-corrected chi connectivity index (χ0v) is 18.6. The monoisotopic (exact) mass is 407 g/mol. The van der Waals surface area contributed by atoms with Crippen molar-refractivity contribution in [3.8, 4) is 11.1 Å². The van der Waals surface area contributed by atoms with Crippen LogP contribution in [0.1, 0.15) is 46.1 Å². The fourth-order valence-electron chi connectivity index (χ4n) is 4.28. The van der Waals surface area contributed by atoms with Crippen LogP contribution in [0.5, 0.6) is 0 Å². The van der Waals surface area contributed by atoms with Crippen molar-refractivity contribution in [2.75, 3.05) is 19.6 Å². The van der Waals surface area contributed by atoms with Crippen LogP contribution in [0, 0.1) is 10.8 Å². The third kappa shape index (κ3) is 4.89. The standard InChI is InChI=1S/C25H33N3O2/c1-5-27-22(29)25(13-7-15-28(18-25)23(30)24(2,3)4)16-19-9-11-20(12-10-19)21-8-6-14-26-17-21/h6,8-12,14,17H,5,7,13,15-16,18H2,1-4H3,(H,27,29)/t25-/m1/s1. The molecule has 0 radical (unpaired) electrons. The number of pyridine rings is 1. The molecule has 2 heterocycles. The van der Waals surface area contributed by atoms with E-state index in [1.54, 1.807) is 6.20 Å². The van der Waals surface area contributed by atoms with Crippen LogP contribution in [0.3, 0.4) is 0 Å². The Morgan fingerprint density at radius 2 is 1.87 bits per heavy atom. The number of hydrogen-bond acceptors (Lipinski definition) is 3. The molecule has 5 nitrogen and oxygen atoms in total. The van der Waals surface area contributed by atoms with Crippen LogP contribution < -0.4 is 5.32 Å². The smallest absolute Gasteiger partial charge is 0.228 e. The van der Waals surface area contributed by atoms with Crippen LogP contribution in [-0.4, -0.2) is 41.3 Å². The van der Waals surface area contributed by atoms with Crippen molar-refractivity contribution in [1.29, 1.82) is 0 Å². The first-order chi connectivity index (χ1) is 14.2. The third-order valence-electron chi connectivity index (χ3n) is 5.82. The molecule has 3 rings (SSSR count). The van der Waals surface area contributed by atoms with Gasteiger partial charge in [-0.15, -0.1) is 0 Å². The molecule has 0 bridgehead atoms. The number of nitrogens with one attached hydrogen (secondary N) is 1. The Bertz CT molecular complexity index is 872. The minimum atomic E-state index is -0.592. The summed E-state index contributed by atoms with van der Waals surface area (Å²) in [6, 6.07) is 12.3. The molecule has 1 N–H and O–H groups in total. The van der Waals surface area contributed by atoms with E-state index in [4.69, 9.17) is 0 Å². The summed E-state index contributed by atoms with van der Waals surface area (Å²) < 4.78 is 0. The van der Waals surface area contributed by atoms with Gasteiger partial charge < -0.3 is 10.2 Å². The number of rotatable bonds is 5. The molecule has 1 aromatic carbocycles. The molecule has 1 fully saturated rings. The third-order valence-corrected chi connectivity index (χ3v) is 5.82. The highest BCUT2D eigenvalue weighted by Crippen LogP contribution is 2.36. The van der Waals surface area contributed by atoms with Gasteiger partial charge in [0.25, 0.3) is 0 Å². The van der Waals surface area contributed by atoms with Crippen molar-refractivity contribution >= 4 is 11.8 Å². The zero-order chi connectivity index (χ0) is 21.8. The van der Waals surface area contributed by atoms with E-state index in [1.807, 2.05) is 50.9 Å². The summed E-state index contributed by atoms with van der Waals surface area (Å²) in [7, 11) is 0. The highest BCUT2D eigenvalue weighted by molar-refractivity contribution is 5.86. The largest absolute Gasteiger partial charge is 0.356 e. The number of carbonyl (C=O) groups excluding carboxylic acids is 2. The van der Waals surface area contributed by atoms with Crippen LogP contribution in [0.4, 0.5) is 0 Å². The Labute approximate surface area is 179 Å². The number of hydrogen-bond donors (Lipinski definition) is 1. The molecule has 1 saturated heterocycles. The molecule has 1 atom stereocenters. The van der Waals surface area contributed by atoms with Crippen molar-refractivity contribution in [3.05, 3.63) is 54.4 Å². The summed E-state index contributed by atoms with van der Waals surface area (Å²) in [6.07, 6.45) is 5.87. The van der Waals surface area contributed by atoms with E-state index in [1.165, 1.54) is 0 Å². The van der Waals surface area contributed by atoms with Crippen molar-refractivity contribution in [3.63, 3.8) is 0 Å². The van der Waals surface area contributed by atoms with Gasteiger partial charge in [-0.1, -0.05) is 51.1 Å². The molecule has 0 unspecified atom stereocenters. The lowest BCUT2D eigenvalue weighted by Crippen LogP contribution is -2.56. The van der Waals surface area contributed by atoms with E-state index in [9.17, 15) is 9.59 Å². The highest BCUT2D eigenvalue weighted by Gasteiger charge is 2.44. The van der Waals surface area contributed by atoms with Gasteiger partial charge in [-0.05, 0) is 48.9 Å². The summed E-state index contributed by atoms with van der Waals surface area (Å²) >= 11 is 0. The number of piperidine rings is 1. The molecule has 0 saturated carbocycles. The van der Waals surface area contributed by atoms with Gasteiger partial charge in [-0.25, -0.2) is 0 Å². The average molecular weight is 408 g/mol. The van der Waals surface area contributed by atoms with Gasteiger partial charge in [0.15, 0.2) is 0 Å². The van der Waals surface area contributed by atoms with E-state index in [2.05, 4.69) is 34.6 Å². The maximum absolute atomic E-state index is 13.2. The molecule has 1 aromatic heterocycles. The lowest BCUT2D eigenvalue weighted by atomic mass is 9.73. The fourth-order valence-corrected chi connectivity index (χ4v) is 4.28. The summed E-state index contributed by atoms with van der Waals surface area (Å²) in [6.45, 7) is 9.54. The average Bonchev–Trinajstić information content (AvgIpc) is 2.74. The van der Waals surface area contributed by atoms with Crippen LogP contribution in [0.25, 0.3) is 11.1 Å². The van der Waals surface area contributed by atoms with Crippen molar-refractivity contribution in [2.45, 2.75) is 47.0 Å². The lowest BCUT2D eigenvalue weighted by Gasteiger charge is -2.43. The lowest BCUT2D eigenvalue weighted by molar-refractivity contribution is -0.147. The number of carbonyl (C=O) groups is 2. The van der Waals surface area contributed by atoms with E-state index in [-0.39, 0.29) is 11.8 Å². The van der Waals surface area contributed by atoms with Gasteiger partial charge in [0.05, 0.1) is 5.41 Å². The van der Waals surface area contributed by atoms with E-state index in [0.717, 1.165) is 36.1 Å². The Morgan fingerprint density at radius 3 is 2.47 bits per heavy atom. The Morgan fingerprint density at radius 1 is 1.13 bits per heavy atom. The van der Waals surface area contributed by atoms with Crippen LogP contribution in [0.2, 0.25) is 0 Å². The normalized spacial score (nSPS) is 19.4. The number of benzene rings is 1. The number of amides is 2. The zero-order valence-electron chi connectivity index (χ0n) is 18.6. The predicted molar refractivity (Wildman–Crippen MR) is 120 cm³/mol.